The molecule has 0 amide bonds. The van der Waals surface area contributed by atoms with Gasteiger partial charge >= 0.3 is 0 Å². The minimum atomic E-state index is 0.556. The number of hydrogen-bond acceptors (Lipinski definition) is 2. The Balaban J connectivity index is 2.03. The zero-order chi connectivity index (χ0) is 12.3. The first-order valence-electron chi connectivity index (χ1n) is 6.68. The van der Waals surface area contributed by atoms with Gasteiger partial charge in [0.1, 0.15) is 0 Å². The Hall–Kier alpha value is -0.860. The Kier molecular flexibility index (Phi) is 7.69. The first kappa shape index (κ1) is 14.2. The van der Waals surface area contributed by atoms with Crippen LogP contribution in [0.5, 0.6) is 0 Å². The molecule has 0 aromatic heterocycles. The van der Waals surface area contributed by atoms with Gasteiger partial charge in [0.25, 0.3) is 0 Å². The van der Waals surface area contributed by atoms with Crippen LogP contribution in [-0.4, -0.2) is 25.8 Å². The van der Waals surface area contributed by atoms with Gasteiger partial charge in [-0.25, -0.2) is 0 Å². The number of nitrogens with one attached hydrogen (secondary N) is 1. The first-order valence-corrected chi connectivity index (χ1v) is 6.68. The van der Waals surface area contributed by atoms with Gasteiger partial charge in [0.05, 0.1) is 6.61 Å². The second-order valence-corrected chi connectivity index (χ2v) is 4.49. The van der Waals surface area contributed by atoms with Gasteiger partial charge in [-0.1, -0.05) is 37.3 Å². The van der Waals surface area contributed by atoms with Crippen molar-refractivity contribution in [3.63, 3.8) is 0 Å². The fourth-order valence-corrected chi connectivity index (χ4v) is 1.75. The van der Waals surface area contributed by atoms with Gasteiger partial charge in [-0.3, -0.25) is 0 Å². The summed E-state index contributed by atoms with van der Waals surface area (Å²) in [5.74, 6) is 0. The van der Waals surface area contributed by atoms with E-state index < -0.39 is 0 Å². The summed E-state index contributed by atoms with van der Waals surface area (Å²) in [6.45, 7) is 7.03. The van der Waals surface area contributed by atoms with E-state index in [9.17, 15) is 0 Å². The van der Waals surface area contributed by atoms with Crippen LogP contribution in [0.2, 0.25) is 0 Å². The maximum atomic E-state index is 5.43. The van der Waals surface area contributed by atoms with E-state index >= 15 is 0 Å². The molecule has 1 atom stereocenters. The molecule has 0 radical (unpaired) electrons. The number of ether oxygens (including phenoxy) is 1. The number of hydrogen-bond donors (Lipinski definition) is 1. The van der Waals surface area contributed by atoms with Crippen LogP contribution < -0.4 is 5.32 Å². The van der Waals surface area contributed by atoms with Gasteiger partial charge < -0.3 is 10.1 Å². The SMILES string of the molecule is CCCOCCNC(C)CCc1ccccc1. The van der Waals surface area contributed by atoms with Gasteiger partial charge in [0.15, 0.2) is 0 Å². The van der Waals surface area contributed by atoms with E-state index in [-0.39, 0.29) is 0 Å². The molecule has 0 aliphatic carbocycles. The molecule has 0 fully saturated rings. The summed E-state index contributed by atoms with van der Waals surface area (Å²) in [6.07, 6.45) is 3.42. The molecular weight excluding hydrogens is 210 g/mol. The molecule has 1 N–H and O–H groups in total. The lowest BCUT2D eigenvalue weighted by atomic mass is 10.1. The van der Waals surface area contributed by atoms with E-state index in [2.05, 4.69) is 49.5 Å². The monoisotopic (exact) mass is 235 g/mol. The first-order chi connectivity index (χ1) is 8.33. The third kappa shape index (κ3) is 7.14. The van der Waals surface area contributed by atoms with Crippen molar-refractivity contribution in [2.24, 2.45) is 0 Å². The van der Waals surface area contributed by atoms with Gasteiger partial charge in [0, 0.05) is 19.2 Å². The van der Waals surface area contributed by atoms with E-state index in [1.54, 1.807) is 0 Å². The number of rotatable bonds is 9. The molecule has 0 spiro atoms. The molecule has 0 aliphatic heterocycles. The van der Waals surface area contributed by atoms with Crippen molar-refractivity contribution in [1.82, 2.24) is 5.32 Å². The summed E-state index contributed by atoms with van der Waals surface area (Å²) in [5, 5.41) is 3.49. The highest BCUT2D eigenvalue weighted by Gasteiger charge is 2.01. The van der Waals surface area contributed by atoms with Crippen LogP contribution in [0.15, 0.2) is 30.3 Å². The quantitative estimate of drug-likeness (QED) is 0.664. The number of aryl methyl sites for hydroxylation is 1. The third-order valence-corrected chi connectivity index (χ3v) is 2.80. The number of benzene rings is 1. The van der Waals surface area contributed by atoms with Crippen LogP contribution in [0.1, 0.15) is 32.3 Å². The standard InChI is InChI=1S/C15H25NO/c1-3-12-17-13-11-16-14(2)9-10-15-7-5-4-6-8-15/h4-8,14,16H,3,9-13H2,1-2H3. The summed E-state index contributed by atoms with van der Waals surface area (Å²) >= 11 is 0. The Morgan fingerprint density at radius 3 is 2.65 bits per heavy atom. The van der Waals surface area contributed by atoms with Crippen molar-refractivity contribution < 1.29 is 4.74 Å². The molecule has 1 aromatic carbocycles. The lowest BCUT2D eigenvalue weighted by Gasteiger charge is -2.13. The molecule has 96 valence electrons. The fraction of sp³-hybridized carbons (Fsp3) is 0.600. The Morgan fingerprint density at radius 1 is 1.18 bits per heavy atom. The van der Waals surface area contributed by atoms with Gasteiger partial charge in [0.2, 0.25) is 0 Å². The van der Waals surface area contributed by atoms with Crippen LogP contribution in [0.3, 0.4) is 0 Å². The second kappa shape index (κ2) is 9.20. The lowest BCUT2D eigenvalue weighted by molar-refractivity contribution is 0.134. The molecule has 0 heterocycles. The Bertz CT molecular complexity index is 274. The Morgan fingerprint density at radius 2 is 1.94 bits per heavy atom. The van der Waals surface area contributed by atoms with E-state index in [4.69, 9.17) is 4.74 Å². The summed E-state index contributed by atoms with van der Waals surface area (Å²) in [4.78, 5) is 0. The Labute approximate surface area is 105 Å². The predicted octanol–water partition coefficient (Wildman–Crippen LogP) is 3.02. The van der Waals surface area contributed by atoms with Crippen molar-refractivity contribution in [3.05, 3.63) is 35.9 Å². The molecule has 2 nitrogen and oxygen atoms in total. The highest BCUT2D eigenvalue weighted by molar-refractivity contribution is 5.14. The smallest absolute Gasteiger partial charge is 0.0590 e. The second-order valence-electron chi connectivity index (χ2n) is 4.49. The van der Waals surface area contributed by atoms with E-state index in [0.717, 1.165) is 32.6 Å². The molecule has 0 bridgehead atoms. The molecule has 2 heteroatoms. The maximum absolute atomic E-state index is 5.43. The van der Waals surface area contributed by atoms with Crippen molar-refractivity contribution >= 4 is 0 Å². The summed E-state index contributed by atoms with van der Waals surface area (Å²) in [5.41, 5.74) is 1.42. The summed E-state index contributed by atoms with van der Waals surface area (Å²) in [7, 11) is 0. The topological polar surface area (TPSA) is 21.3 Å². The predicted molar refractivity (Wildman–Crippen MR) is 73.3 cm³/mol. The average Bonchev–Trinajstić information content (AvgIpc) is 2.37. The summed E-state index contributed by atoms with van der Waals surface area (Å²) < 4.78 is 5.43. The van der Waals surface area contributed by atoms with E-state index in [0.29, 0.717) is 6.04 Å². The van der Waals surface area contributed by atoms with Crippen molar-refractivity contribution in [2.75, 3.05) is 19.8 Å². The lowest BCUT2D eigenvalue weighted by Crippen LogP contribution is -2.29. The molecular formula is C15H25NO. The van der Waals surface area contributed by atoms with E-state index in [1.165, 1.54) is 12.0 Å². The molecule has 1 unspecified atom stereocenters. The minimum absolute atomic E-state index is 0.556. The molecule has 1 rings (SSSR count). The van der Waals surface area contributed by atoms with Gasteiger partial charge in [-0.2, -0.15) is 0 Å². The molecule has 0 aliphatic rings. The third-order valence-electron chi connectivity index (χ3n) is 2.80. The normalized spacial score (nSPS) is 12.6. The molecule has 0 saturated carbocycles. The highest BCUT2D eigenvalue weighted by atomic mass is 16.5. The zero-order valence-corrected chi connectivity index (χ0v) is 11.1. The van der Waals surface area contributed by atoms with Crippen LogP contribution in [0.25, 0.3) is 0 Å². The molecule has 0 saturated heterocycles. The van der Waals surface area contributed by atoms with Crippen molar-refractivity contribution in [1.29, 1.82) is 0 Å². The van der Waals surface area contributed by atoms with Crippen LogP contribution >= 0.6 is 0 Å². The summed E-state index contributed by atoms with van der Waals surface area (Å²) in [6, 6.07) is 11.2. The fourth-order valence-electron chi connectivity index (χ4n) is 1.75. The highest BCUT2D eigenvalue weighted by Crippen LogP contribution is 2.04. The largest absolute Gasteiger partial charge is 0.380 e. The molecule has 17 heavy (non-hydrogen) atoms. The van der Waals surface area contributed by atoms with Crippen molar-refractivity contribution in [2.45, 2.75) is 39.2 Å². The average molecular weight is 235 g/mol. The molecule has 1 aromatic rings. The van der Waals surface area contributed by atoms with Crippen LogP contribution in [-0.2, 0) is 11.2 Å². The van der Waals surface area contributed by atoms with Gasteiger partial charge in [-0.15, -0.1) is 0 Å². The van der Waals surface area contributed by atoms with Crippen LogP contribution in [0, 0.1) is 0 Å². The van der Waals surface area contributed by atoms with Crippen molar-refractivity contribution in [3.8, 4) is 0 Å². The van der Waals surface area contributed by atoms with E-state index in [1.807, 2.05) is 0 Å². The minimum Gasteiger partial charge on any atom is -0.380 e. The zero-order valence-electron chi connectivity index (χ0n) is 11.1. The maximum Gasteiger partial charge on any atom is 0.0590 e. The van der Waals surface area contributed by atoms with Gasteiger partial charge in [-0.05, 0) is 31.7 Å². The van der Waals surface area contributed by atoms with Crippen LogP contribution in [0.4, 0.5) is 0 Å².